The molecule has 0 saturated carbocycles. The van der Waals surface area contributed by atoms with Crippen LogP contribution < -0.4 is 9.64 Å². The summed E-state index contributed by atoms with van der Waals surface area (Å²) in [6.07, 6.45) is 0. The number of hydrogen-bond donors (Lipinski definition) is 0. The quantitative estimate of drug-likeness (QED) is 0.551. The zero-order valence-electron chi connectivity index (χ0n) is 14.2. The van der Waals surface area contributed by atoms with Crippen LogP contribution in [-0.4, -0.2) is 13.0 Å². The number of anilines is 1. The third-order valence-corrected chi connectivity index (χ3v) is 4.66. The third kappa shape index (κ3) is 4.37. The number of carbonyl (C=O) groups excluding carboxylic acids is 1. The standard InChI is InChI=1S/C21H17Cl2NO2/c1-24(17-7-3-2-4-8-17)21(25)16-6-5-9-18(13-16)26-14-15-10-11-19(22)20(23)12-15/h2-13H,14H2,1H3. The molecule has 0 radical (unpaired) electrons. The Labute approximate surface area is 162 Å². The van der Waals surface area contributed by atoms with E-state index in [0.717, 1.165) is 11.3 Å². The van der Waals surface area contributed by atoms with Gasteiger partial charge in [-0.2, -0.15) is 0 Å². The highest BCUT2D eigenvalue weighted by molar-refractivity contribution is 6.42. The van der Waals surface area contributed by atoms with E-state index in [-0.39, 0.29) is 5.91 Å². The molecule has 0 spiro atoms. The lowest BCUT2D eigenvalue weighted by Gasteiger charge is -2.17. The van der Waals surface area contributed by atoms with Gasteiger partial charge >= 0.3 is 0 Å². The van der Waals surface area contributed by atoms with Crippen LogP contribution in [0.2, 0.25) is 10.0 Å². The molecule has 132 valence electrons. The van der Waals surface area contributed by atoms with Crippen molar-refractivity contribution in [2.75, 3.05) is 11.9 Å². The number of rotatable bonds is 5. The molecule has 3 nitrogen and oxygen atoms in total. The molecule has 0 aliphatic carbocycles. The number of para-hydroxylation sites is 1. The number of carbonyl (C=O) groups is 1. The smallest absolute Gasteiger partial charge is 0.258 e. The highest BCUT2D eigenvalue weighted by Gasteiger charge is 2.14. The van der Waals surface area contributed by atoms with Crippen LogP contribution in [-0.2, 0) is 6.61 Å². The fourth-order valence-electron chi connectivity index (χ4n) is 2.48. The second-order valence-electron chi connectivity index (χ2n) is 5.76. The number of ether oxygens (including phenoxy) is 1. The van der Waals surface area contributed by atoms with Gasteiger partial charge in [0.15, 0.2) is 0 Å². The topological polar surface area (TPSA) is 29.5 Å². The van der Waals surface area contributed by atoms with Crippen molar-refractivity contribution in [3.05, 3.63) is 94.0 Å². The van der Waals surface area contributed by atoms with Crippen molar-refractivity contribution in [3.8, 4) is 5.75 Å². The van der Waals surface area contributed by atoms with Crippen LogP contribution in [0.3, 0.4) is 0 Å². The fourth-order valence-corrected chi connectivity index (χ4v) is 2.80. The average Bonchev–Trinajstić information content (AvgIpc) is 2.68. The maximum absolute atomic E-state index is 12.7. The van der Waals surface area contributed by atoms with Crippen molar-refractivity contribution in [1.29, 1.82) is 0 Å². The first-order chi connectivity index (χ1) is 12.5. The van der Waals surface area contributed by atoms with Gasteiger partial charge in [-0.05, 0) is 48.0 Å². The maximum atomic E-state index is 12.7. The van der Waals surface area contributed by atoms with E-state index in [1.807, 2.05) is 42.5 Å². The summed E-state index contributed by atoms with van der Waals surface area (Å²) in [5, 5.41) is 0.994. The van der Waals surface area contributed by atoms with E-state index in [0.29, 0.717) is 28.0 Å². The molecule has 0 aromatic heterocycles. The van der Waals surface area contributed by atoms with Crippen LogP contribution in [0.4, 0.5) is 5.69 Å². The molecule has 0 saturated heterocycles. The van der Waals surface area contributed by atoms with Gasteiger partial charge in [0, 0.05) is 18.3 Å². The lowest BCUT2D eigenvalue weighted by molar-refractivity contribution is 0.0992. The Balaban J connectivity index is 1.71. The molecule has 5 heteroatoms. The van der Waals surface area contributed by atoms with Crippen molar-refractivity contribution in [1.82, 2.24) is 0 Å². The second-order valence-corrected chi connectivity index (χ2v) is 6.58. The Bertz CT molecular complexity index is 913. The third-order valence-electron chi connectivity index (χ3n) is 3.92. The summed E-state index contributed by atoms with van der Waals surface area (Å²) >= 11 is 11.9. The van der Waals surface area contributed by atoms with E-state index in [2.05, 4.69) is 0 Å². The van der Waals surface area contributed by atoms with Crippen molar-refractivity contribution in [2.45, 2.75) is 6.61 Å². The number of nitrogens with zero attached hydrogens (tertiary/aromatic N) is 1. The largest absolute Gasteiger partial charge is 0.489 e. The SMILES string of the molecule is CN(C(=O)c1cccc(OCc2ccc(Cl)c(Cl)c2)c1)c1ccccc1. The Kier molecular flexibility index (Phi) is 5.82. The molecule has 0 bridgehead atoms. The Morgan fingerprint density at radius 2 is 1.69 bits per heavy atom. The van der Waals surface area contributed by atoms with E-state index in [1.165, 1.54) is 0 Å². The van der Waals surface area contributed by atoms with E-state index in [1.54, 1.807) is 42.3 Å². The molecule has 0 aliphatic heterocycles. The highest BCUT2D eigenvalue weighted by atomic mass is 35.5. The summed E-state index contributed by atoms with van der Waals surface area (Å²) in [4.78, 5) is 14.3. The van der Waals surface area contributed by atoms with Crippen LogP contribution in [0.1, 0.15) is 15.9 Å². The molecule has 0 aliphatic rings. The van der Waals surface area contributed by atoms with Gasteiger partial charge in [0.25, 0.3) is 5.91 Å². The first-order valence-corrected chi connectivity index (χ1v) is 8.80. The lowest BCUT2D eigenvalue weighted by atomic mass is 10.1. The minimum absolute atomic E-state index is 0.101. The van der Waals surface area contributed by atoms with Gasteiger partial charge in [-0.1, -0.05) is 53.5 Å². The van der Waals surface area contributed by atoms with Gasteiger partial charge < -0.3 is 9.64 Å². The molecule has 0 unspecified atom stereocenters. The molecular weight excluding hydrogens is 369 g/mol. The summed E-state index contributed by atoms with van der Waals surface area (Å²) in [6.45, 7) is 0.336. The monoisotopic (exact) mass is 385 g/mol. The van der Waals surface area contributed by atoms with E-state index >= 15 is 0 Å². The summed E-state index contributed by atoms with van der Waals surface area (Å²) in [5.74, 6) is 0.513. The molecule has 0 N–H and O–H groups in total. The average molecular weight is 386 g/mol. The molecule has 3 rings (SSSR count). The highest BCUT2D eigenvalue weighted by Crippen LogP contribution is 2.24. The van der Waals surface area contributed by atoms with Crippen molar-refractivity contribution in [2.24, 2.45) is 0 Å². The van der Waals surface area contributed by atoms with Crippen molar-refractivity contribution in [3.63, 3.8) is 0 Å². The molecule has 3 aromatic rings. The predicted molar refractivity (Wildman–Crippen MR) is 106 cm³/mol. The number of amides is 1. The molecule has 0 fully saturated rings. The molecule has 1 amide bonds. The maximum Gasteiger partial charge on any atom is 0.258 e. The van der Waals surface area contributed by atoms with Crippen LogP contribution in [0.25, 0.3) is 0 Å². The zero-order valence-corrected chi connectivity index (χ0v) is 15.7. The van der Waals surface area contributed by atoms with Crippen LogP contribution in [0.5, 0.6) is 5.75 Å². The summed E-state index contributed by atoms with van der Waals surface area (Å²) in [7, 11) is 1.75. The van der Waals surface area contributed by atoms with Gasteiger partial charge in [0.05, 0.1) is 10.0 Å². The summed E-state index contributed by atoms with van der Waals surface area (Å²) < 4.78 is 5.79. The lowest BCUT2D eigenvalue weighted by Crippen LogP contribution is -2.26. The van der Waals surface area contributed by atoms with Gasteiger partial charge in [0.2, 0.25) is 0 Å². The van der Waals surface area contributed by atoms with E-state index in [9.17, 15) is 4.79 Å². The van der Waals surface area contributed by atoms with Gasteiger partial charge in [-0.3, -0.25) is 4.79 Å². The molecular formula is C21H17Cl2NO2. The second kappa shape index (κ2) is 8.26. The number of hydrogen-bond acceptors (Lipinski definition) is 2. The summed E-state index contributed by atoms with van der Waals surface area (Å²) in [5.41, 5.74) is 2.29. The zero-order chi connectivity index (χ0) is 18.5. The van der Waals surface area contributed by atoms with Crippen LogP contribution in [0, 0.1) is 0 Å². The first-order valence-electron chi connectivity index (χ1n) is 8.04. The number of benzene rings is 3. The van der Waals surface area contributed by atoms with E-state index < -0.39 is 0 Å². The Morgan fingerprint density at radius 3 is 2.42 bits per heavy atom. The van der Waals surface area contributed by atoms with Crippen LogP contribution >= 0.6 is 23.2 Å². The predicted octanol–water partition coefficient (Wildman–Crippen LogP) is 5.85. The fraction of sp³-hybridized carbons (Fsp3) is 0.0952. The van der Waals surface area contributed by atoms with Crippen molar-refractivity contribution >= 4 is 34.8 Å². The summed E-state index contributed by atoms with van der Waals surface area (Å²) in [6, 6.07) is 22.0. The minimum Gasteiger partial charge on any atom is -0.489 e. The molecule has 0 heterocycles. The van der Waals surface area contributed by atoms with Gasteiger partial charge in [0.1, 0.15) is 12.4 Å². The number of halogens is 2. The molecule has 0 atom stereocenters. The Hall–Kier alpha value is -2.49. The first kappa shape index (κ1) is 18.3. The van der Waals surface area contributed by atoms with Crippen molar-refractivity contribution < 1.29 is 9.53 Å². The van der Waals surface area contributed by atoms with E-state index in [4.69, 9.17) is 27.9 Å². The van der Waals surface area contributed by atoms with Gasteiger partial charge in [-0.15, -0.1) is 0 Å². The molecule has 26 heavy (non-hydrogen) atoms. The minimum atomic E-state index is -0.101. The normalized spacial score (nSPS) is 10.4. The molecule has 3 aromatic carbocycles. The van der Waals surface area contributed by atoms with Crippen LogP contribution in [0.15, 0.2) is 72.8 Å². The Morgan fingerprint density at radius 1 is 0.923 bits per heavy atom. The van der Waals surface area contributed by atoms with Gasteiger partial charge in [-0.25, -0.2) is 0 Å².